The average Bonchev–Trinajstić information content (AvgIpc) is 3.02. The highest BCUT2D eigenvalue weighted by molar-refractivity contribution is 5.85. The van der Waals surface area contributed by atoms with Gasteiger partial charge in [0.25, 0.3) is 0 Å². The number of carbonyl (C=O) groups excluding carboxylic acids is 1. The van der Waals surface area contributed by atoms with Crippen LogP contribution in [0.25, 0.3) is 0 Å². The highest BCUT2D eigenvalue weighted by Gasteiger charge is 2.59. The minimum absolute atomic E-state index is 0.135. The number of Topliss-reactive ketones (excluding diaryl/α,β-unsaturated/α-hetero) is 1. The molecule has 4 aliphatic carbocycles. The molecule has 1 heteroatoms. The molecule has 0 saturated heterocycles. The van der Waals surface area contributed by atoms with Crippen LogP contribution in [-0.2, 0) is 4.79 Å². The normalized spacial score (nSPS) is 41.0. The van der Waals surface area contributed by atoms with Gasteiger partial charge < -0.3 is 0 Å². The molecule has 1 nitrogen and oxygen atoms in total. The third-order valence-electron chi connectivity index (χ3n) is 10.6. The lowest BCUT2D eigenvalue weighted by atomic mass is 9.46. The molecule has 2 saturated carbocycles. The molecule has 0 heterocycles. The molecular formula is C29H46O. The number of ketones is 1. The molecule has 0 amide bonds. The Morgan fingerprint density at radius 2 is 1.77 bits per heavy atom. The SMILES string of the molecule is CC(C)=CCC[C@@H](C)[C@H]1CC[C@H]2C3=C(CC[C@]12C)[C@@]1(C)CCC(=O)C(C)(C)C1CC3. The fourth-order valence-corrected chi connectivity index (χ4v) is 8.91. The Bertz CT molecular complexity index is 763. The first-order chi connectivity index (χ1) is 14.0. The number of fused-ring (bicyclic) bond motifs is 4. The van der Waals surface area contributed by atoms with Gasteiger partial charge in [-0.1, -0.05) is 57.4 Å². The third-order valence-corrected chi connectivity index (χ3v) is 10.6. The van der Waals surface area contributed by atoms with E-state index in [2.05, 4.69) is 54.5 Å². The minimum Gasteiger partial charge on any atom is -0.299 e. The van der Waals surface area contributed by atoms with Gasteiger partial charge in [0.05, 0.1) is 0 Å². The molecule has 2 fully saturated rings. The minimum atomic E-state index is -0.135. The first-order valence-electron chi connectivity index (χ1n) is 12.9. The Morgan fingerprint density at radius 3 is 2.47 bits per heavy atom. The van der Waals surface area contributed by atoms with Crippen LogP contribution in [0.3, 0.4) is 0 Å². The zero-order valence-electron chi connectivity index (χ0n) is 20.9. The second-order valence-corrected chi connectivity index (χ2v) is 12.7. The van der Waals surface area contributed by atoms with Crippen LogP contribution < -0.4 is 0 Å². The third kappa shape index (κ3) is 3.29. The van der Waals surface area contributed by atoms with Gasteiger partial charge in [-0.25, -0.2) is 0 Å². The number of carbonyl (C=O) groups is 1. The molecule has 0 N–H and O–H groups in total. The number of hydrogen-bond donors (Lipinski definition) is 0. The Labute approximate surface area is 186 Å². The summed E-state index contributed by atoms with van der Waals surface area (Å²) in [6.07, 6.45) is 15.0. The van der Waals surface area contributed by atoms with Crippen molar-refractivity contribution < 1.29 is 4.79 Å². The zero-order valence-corrected chi connectivity index (χ0v) is 20.9. The molecule has 0 spiro atoms. The standard InChI is InChI=1S/C29H46O/c1-19(2)9-8-10-20(3)22-12-13-23-21-11-14-25-27(4,5)26(30)16-18-29(25,7)24(21)15-17-28(22,23)6/h9,20,22-23,25H,8,10-18H2,1-7H3/t20-,22-,23+,25?,28-,29-/m1/s1. The quantitative estimate of drug-likeness (QED) is 0.426. The molecule has 0 radical (unpaired) electrons. The first kappa shape index (κ1) is 22.3. The molecule has 0 aromatic carbocycles. The fraction of sp³-hybridized carbons (Fsp3) is 0.828. The van der Waals surface area contributed by atoms with Crippen LogP contribution in [0.4, 0.5) is 0 Å². The average molecular weight is 411 g/mol. The van der Waals surface area contributed by atoms with Crippen molar-refractivity contribution in [3.63, 3.8) is 0 Å². The van der Waals surface area contributed by atoms with Gasteiger partial charge >= 0.3 is 0 Å². The lowest BCUT2D eigenvalue weighted by Gasteiger charge is -2.58. The van der Waals surface area contributed by atoms with E-state index < -0.39 is 0 Å². The van der Waals surface area contributed by atoms with Crippen molar-refractivity contribution in [2.75, 3.05) is 0 Å². The maximum atomic E-state index is 12.7. The molecular weight excluding hydrogens is 364 g/mol. The summed E-state index contributed by atoms with van der Waals surface area (Å²) in [6, 6.07) is 0. The second-order valence-electron chi connectivity index (χ2n) is 12.7. The van der Waals surface area contributed by atoms with Crippen molar-refractivity contribution in [2.24, 2.45) is 39.9 Å². The van der Waals surface area contributed by atoms with Gasteiger partial charge in [0.2, 0.25) is 0 Å². The van der Waals surface area contributed by atoms with Gasteiger partial charge in [-0.15, -0.1) is 0 Å². The van der Waals surface area contributed by atoms with Crippen molar-refractivity contribution in [1.82, 2.24) is 0 Å². The van der Waals surface area contributed by atoms with Crippen LogP contribution in [0.15, 0.2) is 22.8 Å². The predicted molar refractivity (Wildman–Crippen MR) is 127 cm³/mol. The molecule has 1 unspecified atom stereocenters. The number of rotatable bonds is 4. The van der Waals surface area contributed by atoms with Gasteiger partial charge in [0.1, 0.15) is 5.78 Å². The van der Waals surface area contributed by atoms with E-state index in [9.17, 15) is 4.79 Å². The first-order valence-corrected chi connectivity index (χ1v) is 12.9. The molecule has 4 aliphatic rings. The number of allylic oxidation sites excluding steroid dienone is 4. The van der Waals surface area contributed by atoms with Gasteiger partial charge in [0, 0.05) is 11.8 Å². The van der Waals surface area contributed by atoms with Gasteiger partial charge in [-0.05, 0) is 106 Å². The summed E-state index contributed by atoms with van der Waals surface area (Å²) in [7, 11) is 0. The monoisotopic (exact) mass is 410 g/mol. The van der Waals surface area contributed by atoms with E-state index in [1.807, 2.05) is 11.1 Å². The highest BCUT2D eigenvalue weighted by Crippen LogP contribution is 2.67. The maximum Gasteiger partial charge on any atom is 0.138 e. The van der Waals surface area contributed by atoms with Crippen molar-refractivity contribution in [3.8, 4) is 0 Å². The summed E-state index contributed by atoms with van der Waals surface area (Å²) in [5, 5.41) is 0. The Hall–Kier alpha value is -0.850. The van der Waals surface area contributed by atoms with E-state index in [4.69, 9.17) is 0 Å². The lowest BCUT2D eigenvalue weighted by molar-refractivity contribution is -0.139. The van der Waals surface area contributed by atoms with Gasteiger partial charge in [0.15, 0.2) is 0 Å². The van der Waals surface area contributed by atoms with Gasteiger partial charge in [-0.3, -0.25) is 4.79 Å². The Morgan fingerprint density at radius 1 is 1.03 bits per heavy atom. The fourth-order valence-electron chi connectivity index (χ4n) is 8.91. The van der Waals surface area contributed by atoms with E-state index in [0.717, 1.165) is 30.6 Å². The maximum absolute atomic E-state index is 12.7. The summed E-state index contributed by atoms with van der Waals surface area (Å²) >= 11 is 0. The van der Waals surface area contributed by atoms with Crippen LogP contribution in [0, 0.1) is 39.9 Å². The van der Waals surface area contributed by atoms with Crippen LogP contribution in [0.1, 0.15) is 113 Å². The Balaban J connectivity index is 1.59. The van der Waals surface area contributed by atoms with Crippen molar-refractivity contribution in [2.45, 2.75) is 113 Å². The van der Waals surface area contributed by atoms with Crippen molar-refractivity contribution in [3.05, 3.63) is 22.8 Å². The van der Waals surface area contributed by atoms with Crippen LogP contribution in [0.5, 0.6) is 0 Å². The predicted octanol–water partition coefficient (Wildman–Crippen LogP) is 8.30. The van der Waals surface area contributed by atoms with E-state index in [-0.39, 0.29) is 10.8 Å². The van der Waals surface area contributed by atoms with E-state index in [1.54, 1.807) is 0 Å². The van der Waals surface area contributed by atoms with Crippen LogP contribution in [0.2, 0.25) is 0 Å². The smallest absolute Gasteiger partial charge is 0.138 e. The largest absolute Gasteiger partial charge is 0.299 e. The molecule has 0 aromatic heterocycles. The highest BCUT2D eigenvalue weighted by atomic mass is 16.1. The lowest BCUT2D eigenvalue weighted by Crippen LogP contribution is -2.52. The van der Waals surface area contributed by atoms with Crippen LogP contribution in [-0.4, -0.2) is 5.78 Å². The van der Waals surface area contributed by atoms with Crippen molar-refractivity contribution in [1.29, 1.82) is 0 Å². The number of hydrogen-bond acceptors (Lipinski definition) is 1. The molecule has 4 rings (SSSR count). The van der Waals surface area contributed by atoms with Crippen LogP contribution >= 0.6 is 0 Å². The zero-order chi connectivity index (χ0) is 21.9. The topological polar surface area (TPSA) is 17.1 Å². The molecule has 30 heavy (non-hydrogen) atoms. The summed E-state index contributed by atoms with van der Waals surface area (Å²) in [6.45, 7) is 16.7. The molecule has 0 aromatic rings. The van der Waals surface area contributed by atoms with E-state index in [0.29, 0.717) is 17.1 Å². The Kier molecular flexibility index (Phi) is 5.68. The van der Waals surface area contributed by atoms with Gasteiger partial charge in [-0.2, -0.15) is 0 Å². The molecule has 168 valence electrons. The molecule has 0 bridgehead atoms. The van der Waals surface area contributed by atoms with Crippen molar-refractivity contribution >= 4 is 5.78 Å². The van der Waals surface area contributed by atoms with E-state index >= 15 is 0 Å². The van der Waals surface area contributed by atoms with E-state index in [1.165, 1.54) is 56.9 Å². The molecule has 0 aliphatic heterocycles. The summed E-state index contributed by atoms with van der Waals surface area (Å²) in [4.78, 5) is 12.7. The second kappa shape index (κ2) is 7.63. The molecule has 6 atom stereocenters. The summed E-state index contributed by atoms with van der Waals surface area (Å²) in [5.41, 5.74) is 5.80. The summed E-state index contributed by atoms with van der Waals surface area (Å²) < 4.78 is 0. The summed E-state index contributed by atoms with van der Waals surface area (Å²) in [5.74, 6) is 3.60.